The molecular weight excluding hydrogens is 403 g/mol. The Morgan fingerprint density at radius 2 is 1.42 bits per heavy atom. The van der Waals surface area contributed by atoms with Crippen LogP contribution >= 0.6 is 0 Å². The number of benzene rings is 1. The molecule has 0 heterocycles. The maximum atomic E-state index is 11.3. The Morgan fingerprint density at radius 1 is 0.917 bits per heavy atom. The number of carbonyl (C=O) groups excluding carboxylic acids is 1. The molecule has 0 N–H and O–H groups in total. The average Bonchev–Trinajstić information content (AvgIpc) is 2.60. The standard InChI is InChI=1S/C9H9O2.3C4H9.Sn/c1-8(10)11-7-9-5-3-2-4-6-9;3*1-3-4-2;/h2-5H,7H2,1H3;3*1,3-4H2,2H3;. The Kier molecular flexibility index (Phi) is 10.7. The van der Waals surface area contributed by atoms with Crippen LogP contribution in [0.2, 0.25) is 13.3 Å². The van der Waals surface area contributed by atoms with E-state index in [0.29, 0.717) is 6.61 Å². The predicted octanol–water partition coefficient (Wildman–Crippen LogP) is 5.81. The maximum absolute atomic E-state index is 11.3. The molecule has 1 rings (SSSR count). The van der Waals surface area contributed by atoms with Crippen molar-refractivity contribution in [2.24, 2.45) is 0 Å². The van der Waals surface area contributed by atoms with Gasteiger partial charge in [0.1, 0.15) is 0 Å². The van der Waals surface area contributed by atoms with Crippen molar-refractivity contribution >= 4 is 27.9 Å². The number of esters is 1. The Hall–Kier alpha value is -0.511. The predicted molar refractivity (Wildman–Crippen MR) is 106 cm³/mol. The van der Waals surface area contributed by atoms with Crippen LogP contribution in [0.25, 0.3) is 0 Å². The molecule has 3 heteroatoms. The number of ether oxygens (including phenoxy) is 1. The first-order chi connectivity index (χ1) is 11.6. The molecule has 0 radical (unpaired) electrons. The number of unbranched alkanes of at least 4 members (excludes halogenated alkanes) is 3. The topological polar surface area (TPSA) is 26.3 Å². The van der Waals surface area contributed by atoms with Crippen molar-refractivity contribution in [3.05, 3.63) is 29.8 Å². The van der Waals surface area contributed by atoms with E-state index in [1.807, 2.05) is 0 Å². The number of rotatable bonds is 12. The fraction of sp³-hybridized carbons (Fsp3) is 0.667. The van der Waals surface area contributed by atoms with Crippen molar-refractivity contribution in [3.63, 3.8) is 0 Å². The Bertz CT molecular complexity index is 463. The minimum atomic E-state index is -2.45. The molecule has 24 heavy (non-hydrogen) atoms. The van der Waals surface area contributed by atoms with Crippen molar-refractivity contribution < 1.29 is 9.53 Å². The average molecular weight is 439 g/mol. The molecule has 0 fully saturated rings. The summed E-state index contributed by atoms with van der Waals surface area (Å²) in [6, 6.07) is 8.85. The molecule has 0 aliphatic rings. The van der Waals surface area contributed by atoms with Crippen LogP contribution in [-0.2, 0) is 16.1 Å². The Balaban J connectivity index is 3.20. The van der Waals surface area contributed by atoms with Crippen LogP contribution in [0.5, 0.6) is 0 Å². The fourth-order valence-corrected chi connectivity index (χ4v) is 20.6. The zero-order chi connectivity index (χ0) is 17.8. The molecule has 0 saturated carbocycles. The van der Waals surface area contributed by atoms with Crippen molar-refractivity contribution in [2.45, 2.75) is 86.1 Å². The summed E-state index contributed by atoms with van der Waals surface area (Å²) >= 11 is -2.45. The van der Waals surface area contributed by atoms with Gasteiger partial charge >= 0.3 is 153 Å². The zero-order valence-electron chi connectivity index (χ0n) is 16.2. The first-order valence-electron chi connectivity index (χ1n) is 9.81. The van der Waals surface area contributed by atoms with E-state index >= 15 is 0 Å². The van der Waals surface area contributed by atoms with Crippen LogP contribution in [0.15, 0.2) is 24.3 Å². The summed E-state index contributed by atoms with van der Waals surface area (Å²) in [7, 11) is 0. The molecule has 0 spiro atoms. The van der Waals surface area contributed by atoms with Crippen LogP contribution in [0.3, 0.4) is 0 Å². The zero-order valence-corrected chi connectivity index (χ0v) is 19.1. The first kappa shape index (κ1) is 21.5. The molecule has 0 atom stereocenters. The van der Waals surface area contributed by atoms with E-state index < -0.39 is 18.4 Å². The summed E-state index contributed by atoms with van der Waals surface area (Å²) in [5, 5.41) is 0. The van der Waals surface area contributed by atoms with E-state index in [1.165, 1.54) is 64.3 Å². The van der Waals surface area contributed by atoms with Gasteiger partial charge in [-0.05, 0) is 0 Å². The van der Waals surface area contributed by atoms with Gasteiger partial charge in [-0.1, -0.05) is 0 Å². The number of hydrogen-bond acceptors (Lipinski definition) is 2. The fourth-order valence-electron chi connectivity index (χ4n) is 3.67. The van der Waals surface area contributed by atoms with Gasteiger partial charge in [0.05, 0.1) is 0 Å². The third-order valence-electron chi connectivity index (χ3n) is 5.05. The third-order valence-corrected chi connectivity index (χ3v) is 20.9. The van der Waals surface area contributed by atoms with Gasteiger partial charge in [0.15, 0.2) is 0 Å². The summed E-state index contributed by atoms with van der Waals surface area (Å²) in [5.41, 5.74) is 1.28. The molecule has 2 nitrogen and oxygen atoms in total. The van der Waals surface area contributed by atoms with Gasteiger partial charge in [0.2, 0.25) is 0 Å². The molecule has 0 amide bonds. The number of hydrogen-bond donors (Lipinski definition) is 0. The summed E-state index contributed by atoms with van der Waals surface area (Å²) in [5.74, 6) is -0.179. The molecule has 0 saturated heterocycles. The van der Waals surface area contributed by atoms with E-state index in [2.05, 4.69) is 45.0 Å². The van der Waals surface area contributed by atoms with Crippen LogP contribution in [0.1, 0.15) is 71.8 Å². The minimum absolute atomic E-state index is 0.179. The van der Waals surface area contributed by atoms with Crippen molar-refractivity contribution in [1.29, 1.82) is 0 Å². The molecular formula is C21H36O2Sn. The molecule has 1 aromatic rings. The summed E-state index contributed by atoms with van der Waals surface area (Å²) in [6.07, 6.45) is 7.90. The molecule has 1 aromatic carbocycles. The summed E-state index contributed by atoms with van der Waals surface area (Å²) in [6.45, 7) is 8.88. The van der Waals surface area contributed by atoms with Gasteiger partial charge in [0.25, 0.3) is 0 Å². The molecule has 0 unspecified atom stereocenters. The molecule has 0 aliphatic carbocycles. The van der Waals surface area contributed by atoms with E-state index in [-0.39, 0.29) is 5.97 Å². The monoisotopic (exact) mass is 440 g/mol. The second-order valence-corrected chi connectivity index (χ2v) is 20.2. The van der Waals surface area contributed by atoms with Gasteiger partial charge < -0.3 is 0 Å². The molecule has 0 bridgehead atoms. The Labute approximate surface area is 153 Å². The van der Waals surface area contributed by atoms with Gasteiger partial charge in [0, 0.05) is 0 Å². The van der Waals surface area contributed by atoms with E-state index in [9.17, 15) is 4.79 Å². The van der Waals surface area contributed by atoms with E-state index in [4.69, 9.17) is 4.74 Å². The van der Waals surface area contributed by atoms with Crippen LogP contribution in [-0.4, -0.2) is 24.3 Å². The van der Waals surface area contributed by atoms with E-state index in [0.717, 1.165) is 0 Å². The van der Waals surface area contributed by atoms with Gasteiger partial charge in [-0.25, -0.2) is 0 Å². The van der Waals surface area contributed by atoms with Gasteiger partial charge in [-0.3, -0.25) is 0 Å². The van der Waals surface area contributed by atoms with Crippen LogP contribution in [0.4, 0.5) is 0 Å². The number of carbonyl (C=O) groups is 1. The quantitative estimate of drug-likeness (QED) is 0.304. The van der Waals surface area contributed by atoms with E-state index in [1.54, 1.807) is 3.58 Å². The second kappa shape index (κ2) is 11.9. The third kappa shape index (κ3) is 6.78. The van der Waals surface area contributed by atoms with Crippen molar-refractivity contribution in [1.82, 2.24) is 0 Å². The van der Waals surface area contributed by atoms with Crippen LogP contribution < -0.4 is 3.58 Å². The molecule has 0 aliphatic heterocycles. The van der Waals surface area contributed by atoms with Crippen molar-refractivity contribution in [3.8, 4) is 0 Å². The van der Waals surface area contributed by atoms with Crippen molar-refractivity contribution in [2.75, 3.05) is 0 Å². The van der Waals surface area contributed by atoms with Gasteiger partial charge in [-0.15, -0.1) is 0 Å². The second-order valence-electron chi connectivity index (χ2n) is 7.03. The molecule has 136 valence electrons. The first-order valence-corrected chi connectivity index (χ1v) is 17.3. The Morgan fingerprint density at radius 3 is 1.88 bits per heavy atom. The SMILES string of the molecule is CCC[CH2][Sn]([CH2]CCC)([CH2]CCC)[c]1ccccc1COC(C)=O. The van der Waals surface area contributed by atoms with Gasteiger partial charge in [-0.2, -0.15) is 0 Å². The normalized spacial score (nSPS) is 11.5. The summed E-state index contributed by atoms with van der Waals surface area (Å²) in [4.78, 5) is 11.3. The van der Waals surface area contributed by atoms with Crippen LogP contribution in [0, 0.1) is 0 Å². The molecule has 0 aromatic heterocycles. The summed E-state index contributed by atoms with van der Waals surface area (Å²) < 4.78 is 11.3.